The first-order valence-corrected chi connectivity index (χ1v) is 7.85. The van der Waals surface area contributed by atoms with Crippen molar-refractivity contribution in [2.75, 3.05) is 31.1 Å². The van der Waals surface area contributed by atoms with Crippen LogP contribution < -0.4 is 10.2 Å². The van der Waals surface area contributed by atoms with Crippen molar-refractivity contribution < 1.29 is 0 Å². The van der Waals surface area contributed by atoms with Crippen LogP contribution in [0.1, 0.15) is 5.56 Å². The number of aromatic nitrogens is 2. The summed E-state index contributed by atoms with van der Waals surface area (Å²) in [5.74, 6) is 0.956. The Balaban J connectivity index is 1.81. The standard InChI is InChI=1S/C16H18N4S/c1-2-13-5-3-4-6-14(13)21-16-12-18-11-15(19-16)20-9-7-17-8-10-20/h2-6,11-12,17H,1,7-10H2. The predicted molar refractivity (Wildman–Crippen MR) is 87.8 cm³/mol. The average Bonchev–Trinajstić information content (AvgIpc) is 2.56. The summed E-state index contributed by atoms with van der Waals surface area (Å²) in [6.07, 6.45) is 5.53. The van der Waals surface area contributed by atoms with Gasteiger partial charge in [-0.25, -0.2) is 4.98 Å². The number of hydrogen-bond acceptors (Lipinski definition) is 5. The summed E-state index contributed by atoms with van der Waals surface area (Å²) in [5.41, 5.74) is 1.12. The number of piperazine rings is 1. The first-order chi connectivity index (χ1) is 10.4. The number of nitrogens with one attached hydrogen (secondary N) is 1. The molecule has 0 unspecified atom stereocenters. The van der Waals surface area contributed by atoms with Gasteiger partial charge in [-0.3, -0.25) is 4.98 Å². The van der Waals surface area contributed by atoms with Crippen molar-refractivity contribution in [3.63, 3.8) is 0 Å². The highest BCUT2D eigenvalue weighted by Gasteiger charge is 2.13. The molecule has 0 radical (unpaired) electrons. The van der Waals surface area contributed by atoms with E-state index in [2.05, 4.69) is 33.9 Å². The van der Waals surface area contributed by atoms with E-state index in [1.807, 2.05) is 30.6 Å². The van der Waals surface area contributed by atoms with Crippen LogP contribution in [0.15, 0.2) is 53.2 Å². The molecule has 108 valence electrons. The summed E-state index contributed by atoms with van der Waals surface area (Å²) in [4.78, 5) is 12.5. The molecule has 1 fully saturated rings. The second kappa shape index (κ2) is 6.74. The minimum absolute atomic E-state index is 0.917. The van der Waals surface area contributed by atoms with E-state index in [-0.39, 0.29) is 0 Å². The summed E-state index contributed by atoms with van der Waals surface area (Å²) in [5, 5.41) is 4.26. The molecular weight excluding hydrogens is 280 g/mol. The SMILES string of the molecule is C=Cc1ccccc1Sc1cncc(N2CCNCC2)n1. The molecule has 0 saturated carbocycles. The molecule has 1 aliphatic rings. The number of anilines is 1. The van der Waals surface area contributed by atoms with E-state index in [1.54, 1.807) is 11.8 Å². The minimum atomic E-state index is 0.917. The van der Waals surface area contributed by atoms with Crippen LogP contribution in [-0.2, 0) is 0 Å². The van der Waals surface area contributed by atoms with E-state index in [4.69, 9.17) is 4.98 Å². The highest BCUT2D eigenvalue weighted by molar-refractivity contribution is 7.99. The second-order valence-corrected chi connectivity index (χ2v) is 5.86. The molecule has 0 bridgehead atoms. The van der Waals surface area contributed by atoms with Gasteiger partial charge in [-0.2, -0.15) is 0 Å². The summed E-state index contributed by atoms with van der Waals surface area (Å²) in [7, 11) is 0. The first kappa shape index (κ1) is 14.1. The Morgan fingerprint density at radius 1 is 1.19 bits per heavy atom. The normalized spacial score (nSPS) is 15.0. The van der Waals surface area contributed by atoms with Crippen LogP contribution in [0.4, 0.5) is 5.82 Å². The highest BCUT2D eigenvalue weighted by Crippen LogP contribution is 2.30. The van der Waals surface area contributed by atoms with Crippen LogP contribution in [0.3, 0.4) is 0 Å². The lowest BCUT2D eigenvalue weighted by molar-refractivity contribution is 0.583. The molecule has 21 heavy (non-hydrogen) atoms. The molecule has 0 amide bonds. The largest absolute Gasteiger partial charge is 0.353 e. The van der Waals surface area contributed by atoms with E-state index in [0.717, 1.165) is 47.5 Å². The van der Waals surface area contributed by atoms with E-state index < -0.39 is 0 Å². The van der Waals surface area contributed by atoms with Gasteiger partial charge in [0, 0.05) is 31.1 Å². The highest BCUT2D eigenvalue weighted by atomic mass is 32.2. The monoisotopic (exact) mass is 298 g/mol. The van der Waals surface area contributed by atoms with Gasteiger partial charge in [0.15, 0.2) is 0 Å². The molecule has 3 rings (SSSR count). The van der Waals surface area contributed by atoms with Crippen LogP contribution in [0, 0.1) is 0 Å². The van der Waals surface area contributed by atoms with Gasteiger partial charge in [0.25, 0.3) is 0 Å². The van der Waals surface area contributed by atoms with Gasteiger partial charge < -0.3 is 10.2 Å². The van der Waals surface area contributed by atoms with Crippen LogP contribution >= 0.6 is 11.8 Å². The fraction of sp³-hybridized carbons (Fsp3) is 0.250. The minimum Gasteiger partial charge on any atom is -0.353 e. The third kappa shape index (κ3) is 3.43. The first-order valence-electron chi connectivity index (χ1n) is 7.04. The summed E-state index contributed by atoms with van der Waals surface area (Å²) < 4.78 is 0. The Hall–Kier alpha value is -1.85. The van der Waals surface area contributed by atoms with E-state index >= 15 is 0 Å². The molecule has 1 N–H and O–H groups in total. The van der Waals surface area contributed by atoms with Crippen molar-refractivity contribution in [2.24, 2.45) is 0 Å². The lowest BCUT2D eigenvalue weighted by Gasteiger charge is -2.28. The fourth-order valence-electron chi connectivity index (χ4n) is 2.29. The summed E-state index contributed by atoms with van der Waals surface area (Å²) >= 11 is 1.63. The Bertz CT molecular complexity index is 623. The molecule has 1 aromatic heterocycles. The third-order valence-corrected chi connectivity index (χ3v) is 4.39. The molecular formula is C16H18N4S. The van der Waals surface area contributed by atoms with Crippen LogP contribution in [0.2, 0.25) is 0 Å². The van der Waals surface area contributed by atoms with Gasteiger partial charge in [0.05, 0.1) is 12.4 Å². The maximum absolute atomic E-state index is 4.73. The van der Waals surface area contributed by atoms with Gasteiger partial charge >= 0.3 is 0 Å². The van der Waals surface area contributed by atoms with Gasteiger partial charge in [-0.05, 0) is 11.6 Å². The van der Waals surface area contributed by atoms with Crippen LogP contribution in [-0.4, -0.2) is 36.1 Å². The topological polar surface area (TPSA) is 41.1 Å². The zero-order valence-electron chi connectivity index (χ0n) is 11.8. The van der Waals surface area contributed by atoms with E-state index in [0.29, 0.717) is 0 Å². The molecule has 1 aliphatic heterocycles. The molecule has 0 aliphatic carbocycles. The Morgan fingerprint density at radius 2 is 2.00 bits per heavy atom. The second-order valence-electron chi connectivity index (χ2n) is 4.80. The fourth-order valence-corrected chi connectivity index (χ4v) is 3.18. The van der Waals surface area contributed by atoms with E-state index in [9.17, 15) is 0 Å². The van der Waals surface area contributed by atoms with Crippen molar-refractivity contribution >= 4 is 23.7 Å². The van der Waals surface area contributed by atoms with Gasteiger partial charge in [-0.15, -0.1) is 0 Å². The zero-order valence-corrected chi connectivity index (χ0v) is 12.6. The number of nitrogens with zero attached hydrogens (tertiary/aromatic N) is 3. The Labute approximate surface area is 129 Å². The average molecular weight is 298 g/mol. The summed E-state index contributed by atoms with van der Waals surface area (Å²) in [6, 6.07) is 8.19. The van der Waals surface area contributed by atoms with Gasteiger partial charge in [0.2, 0.25) is 0 Å². The van der Waals surface area contributed by atoms with Crippen LogP contribution in [0.5, 0.6) is 0 Å². The molecule has 1 aromatic carbocycles. The zero-order chi connectivity index (χ0) is 14.5. The van der Waals surface area contributed by atoms with Crippen molar-refractivity contribution in [2.45, 2.75) is 9.92 Å². The molecule has 2 aromatic rings. The maximum Gasteiger partial charge on any atom is 0.148 e. The lowest BCUT2D eigenvalue weighted by atomic mass is 10.2. The molecule has 2 heterocycles. The van der Waals surface area contributed by atoms with Crippen molar-refractivity contribution in [3.8, 4) is 0 Å². The number of hydrogen-bond donors (Lipinski definition) is 1. The van der Waals surface area contributed by atoms with Crippen LogP contribution in [0.25, 0.3) is 6.08 Å². The van der Waals surface area contributed by atoms with Crippen molar-refractivity contribution in [1.82, 2.24) is 15.3 Å². The predicted octanol–water partition coefficient (Wildman–Crippen LogP) is 2.68. The van der Waals surface area contributed by atoms with Crippen molar-refractivity contribution in [3.05, 3.63) is 48.8 Å². The molecule has 5 heteroatoms. The Morgan fingerprint density at radius 3 is 2.81 bits per heavy atom. The molecule has 4 nitrogen and oxygen atoms in total. The smallest absolute Gasteiger partial charge is 0.148 e. The molecule has 0 atom stereocenters. The van der Waals surface area contributed by atoms with E-state index in [1.165, 1.54) is 0 Å². The molecule has 1 saturated heterocycles. The van der Waals surface area contributed by atoms with Gasteiger partial charge in [-0.1, -0.05) is 42.6 Å². The van der Waals surface area contributed by atoms with Crippen molar-refractivity contribution in [1.29, 1.82) is 0 Å². The third-order valence-electron chi connectivity index (χ3n) is 3.39. The maximum atomic E-state index is 4.73. The Kier molecular flexibility index (Phi) is 4.52. The quantitative estimate of drug-likeness (QED) is 0.940. The number of benzene rings is 1. The molecule has 0 spiro atoms. The summed E-state index contributed by atoms with van der Waals surface area (Å²) in [6.45, 7) is 7.81. The van der Waals surface area contributed by atoms with Gasteiger partial charge in [0.1, 0.15) is 10.8 Å². The lowest BCUT2D eigenvalue weighted by Crippen LogP contribution is -2.43. The number of rotatable bonds is 4.